The first-order valence-corrected chi connectivity index (χ1v) is 9.14. The Morgan fingerprint density at radius 1 is 0.815 bits per heavy atom. The van der Waals surface area contributed by atoms with E-state index in [0.717, 1.165) is 23.1 Å². The molecule has 0 amide bonds. The second-order valence-electron chi connectivity index (χ2n) is 5.62. The van der Waals surface area contributed by atoms with Crippen molar-refractivity contribution >= 4 is 16.7 Å². The van der Waals surface area contributed by atoms with Crippen molar-refractivity contribution in [2.75, 3.05) is 0 Å². The maximum Gasteiger partial charge on any atom is 0.163 e. The highest BCUT2D eigenvalue weighted by atomic mass is 15.0. The van der Waals surface area contributed by atoms with Crippen LogP contribution < -0.4 is 0 Å². The monoisotopic (exact) mass is 359 g/mol. The highest BCUT2D eigenvalue weighted by Gasteiger charge is 2.12. The van der Waals surface area contributed by atoms with E-state index in [-0.39, 0.29) is 0 Å². The van der Waals surface area contributed by atoms with Crippen molar-refractivity contribution in [2.45, 2.75) is 34.1 Å². The minimum Gasteiger partial charge on any atom is -0.208 e. The van der Waals surface area contributed by atoms with Crippen molar-refractivity contribution in [2.24, 2.45) is 0 Å². The van der Waals surface area contributed by atoms with Crippen LogP contribution in [0.15, 0.2) is 80.0 Å². The van der Waals surface area contributed by atoms with E-state index in [1.165, 1.54) is 0 Å². The lowest BCUT2D eigenvalue weighted by atomic mass is 10.1. The molecule has 3 heteroatoms. The van der Waals surface area contributed by atoms with Gasteiger partial charge in [0.05, 0.1) is 0 Å². The van der Waals surface area contributed by atoms with Crippen molar-refractivity contribution in [1.29, 1.82) is 0 Å². The molecule has 1 aromatic heterocycles. The van der Waals surface area contributed by atoms with Gasteiger partial charge in [0, 0.05) is 16.7 Å². The fourth-order valence-electron chi connectivity index (χ4n) is 2.24. The van der Waals surface area contributed by atoms with Crippen molar-refractivity contribution in [1.82, 2.24) is 15.0 Å². The van der Waals surface area contributed by atoms with Crippen LogP contribution in [0.1, 0.15) is 51.6 Å². The van der Waals surface area contributed by atoms with Crippen LogP contribution in [0.4, 0.5) is 0 Å². The van der Waals surface area contributed by atoms with Gasteiger partial charge in [-0.15, -0.1) is 0 Å². The Morgan fingerprint density at radius 2 is 1.48 bits per heavy atom. The number of hydrogen-bond donors (Lipinski definition) is 0. The number of allylic oxidation sites excluding steroid dienone is 14. The van der Waals surface area contributed by atoms with E-state index in [1.807, 2.05) is 75.5 Å². The van der Waals surface area contributed by atoms with Crippen LogP contribution in [0, 0.1) is 0 Å². The molecule has 0 aliphatic heterocycles. The molecule has 3 nitrogen and oxygen atoms in total. The number of hydrogen-bond acceptors (Lipinski definition) is 3. The summed E-state index contributed by atoms with van der Waals surface area (Å²) >= 11 is 0. The molecule has 0 bridgehead atoms. The summed E-state index contributed by atoms with van der Waals surface area (Å²) in [5.41, 5.74) is 2.61. The number of nitrogens with zero attached hydrogens (tertiary/aromatic N) is 3. The number of aromatic nitrogens is 3. The van der Waals surface area contributed by atoms with Gasteiger partial charge < -0.3 is 0 Å². The highest BCUT2D eigenvalue weighted by Crippen LogP contribution is 2.20. The lowest BCUT2D eigenvalue weighted by Crippen LogP contribution is -2.06. The molecule has 0 aliphatic rings. The van der Waals surface area contributed by atoms with Gasteiger partial charge in [0.1, 0.15) is 0 Å². The second-order valence-corrected chi connectivity index (χ2v) is 5.62. The average Bonchev–Trinajstić information content (AvgIpc) is 2.68. The van der Waals surface area contributed by atoms with E-state index in [4.69, 9.17) is 4.98 Å². The van der Waals surface area contributed by atoms with Crippen LogP contribution in [0.3, 0.4) is 0 Å². The molecule has 0 saturated heterocycles. The van der Waals surface area contributed by atoms with Crippen LogP contribution in [-0.4, -0.2) is 15.0 Å². The Morgan fingerprint density at radius 3 is 2.04 bits per heavy atom. The van der Waals surface area contributed by atoms with Crippen LogP contribution in [-0.2, 0) is 0 Å². The topological polar surface area (TPSA) is 38.7 Å². The molecule has 1 rings (SSSR count). The zero-order valence-electron chi connectivity index (χ0n) is 16.8. The van der Waals surface area contributed by atoms with Crippen molar-refractivity contribution in [3.05, 3.63) is 97.5 Å². The van der Waals surface area contributed by atoms with Gasteiger partial charge in [-0.2, -0.15) is 0 Å². The van der Waals surface area contributed by atoms with Crippen LogP contribution >= 0.6 is 0 Å². The summed E-state index contributed by atoms with van der Waals surface area (Å²) in [6.45, 7) is 15.8. The summed E-state index contributed by atoms with van der Waals surface area (Å²) in [5.74, 6) is 1.82. The van der Waals surface area contributed by atoms with Crippen LogP contribution in [0.25, 0.3) is 16.7 Å². The van der Waals surface area contributed by atoms with E-state index >= 15 is 0 Å². The smallest absolute Gasteiger partial charge is 0.163 e. The van der Waals surface area contributed by atoms with Gasteiger partial charge in [-0.1, -0.05) is 86.9 Å². The van der Waals surface area contributed by atoms with Gasteiger partial charge in [-0.05, 0) is 27.2 Å². The summed E-state index contributed by atoms with van der Waals surface area (Å²) in [5, 5.41) is 0. The van der Waals surface area contributed by atoms with E-state index in [1.54, 1.807) is 6.08 Å². The Kier molecular flexibility index (Phi) is 10.0. The van der Waals surface area contributed by atoms with E-state index in [9.17, 15) is 0 Å². The third-order valence-electron chi connectivity index (χ3n) is 3.53. The summed E-state index contributed by atoms with van der Waals surface area (Å²) in [6, 6.07) is 0. The molecule has 140 valence electrons. The normalized spacial score (nSPS) is 13.5. The fraction of sp³-hybridized carbons (Fsp3) is 0.208. The first-order chi connectivity index (χ1) is 13.1. The zero-order chi connectivity index (χ0) is 20.1. The van der Waals surface area contributed by atoms with Gasteiger partial charge in [-0.25, -0.2) is 15.0 Å². The Hall–Kier alpha value is -3.07. The largest absolute Gasteiger partial charge is 0.208 e. The van der Waals surface area contributed by atoms with Gasteiger partial charge in [0.15, 0.2) is 17.5 Å². The molecule has 1 heterocycles. The summed E-state index contributed by atoms with van der Waals surface area (Å²) in [4.78, 5) is 14.0. The van der Waals surface area contributed by atoms with Gasteiger partial charge >= 0.3 is 0 Å². The summed E-state index contributed by atoms with van der Waals surface area (Å²) < 4.78 is 0. The quantitative estimate of drug-likeness (QED) is 0.470. The minimum absolute atomic E-state index is 0.564. The Bertz CT molecular complexity index is 831. The van der Waals surface area contributed by atoms with Crippen LogP contribution in [0.2, 0.25) is 0 Å². The lowest BCUT2D eigenvalue weighted by Gasteiger charge is -2.09. The number of rotatable bonds is 9. The van der Waals surface area contributed by atoms with Crippen molar-refractivity contribution in [3.8, 4) is 0 Å². The predicted octanol–water partition coefficient (Wildman–Crippen LogP) is 6.53. The molecule has 0 fully saturated rings. The van der Waals surface area contributed by atoms with Crippen LogP contribution in [0.5, 0.6) is 0 Å². The molecule has 0 saturated carbocycles. The molecule has 0 spiro atoms. The molecule has 27 heavy (non-hydrogen) atoms. The molecular weight excluding hydrogens is 330 g/mol. The minimum atomic E-state index is 0.564. The van der Waals surface area contributed by atoms with Gasteiger partial charge in [0.2, 0.25) is 0 Å². The molecule has 0 unspecified atom stereocenters. The third-order valence-corrected chi connectivity index (χ3v) is 3.53. The standard InChI is InChI=1S/C24H29N3/c1-7-12-14-17-19(6)22-25-23(20(11-5)18-13-8-2)27-24(26-22)21(15-9-3)16-10-4/h7-9,11-18H,2,6,10H2,1,3-5H3/b12-7-,15-9-,17-14-,18-13-,20-11+,21-16?. The molecule has 0 N–H and O–H groups in total. The molecule has 0 aliphatic carbocycles. The maximum atomic E-state index is 4.70. The lowest BCUT2D eigenvalue weighted by molar-refractivity contribution is 0.969. The molecule has 0 atom stereocenters. The Labute approximate surface area is 163 Å². The van der Waals surface area contributed by atoms with E-state index in [2.05, 4.69) is 36.1 Å². The van der Waals surface area contributed by atoms with E-state index in [0.29, 0.717) is 17.5 Å². The van der Waals surface area contributed by atoms with Gasteiger partial charge in [-0.3, -0.25) is 0 Å². The third kappa shape index (κ3) is 6.98. The summed E-state index contributed by atoms with van der Waals surface area (Å²) in [6.07, 6.45) is 22.2. The predicted molar refractivity (Wildman–Crippen MR) is 119 cm³/mol. The maximum absolute atomic E-state index is 4.70. The fourth-order valence-corrected chi connectivity index (χ4v) is 2.24. The molecule has 0 aromatic carbocycles. The zero-order valence-corrected chi connectivity index (χ0v) is 16.8. The highest BCUT2D eigenvalue weighted by molar-refractivity contribution is 5.76. The molecule has 1 aromatic rings. The average molecular weight is 360 g/mol. The molecule has 0 radical (unpaired) electrons. The summed E-state index contributed by atoms with van der Waals surface area (Å²) in [7, 11) is 0. The second kappa shape index (κ2) is 12.3. The van der Waals surface area contributed by atoms with Crippen molar-refractivity contribution < 1.29 is 0 Å². The first-order valence-electron chi connectivity index (χ1n) is 9.14. The Balaban J connectivity index is 3.59. The first kappa shape index (κ1) is 22.0. The van der Waals surface area contributed by atoms with Crippen molar-refractivity contribution in [3.63, 3.8) is 0 Å². The van der Waals surface area contributed by atoms with E-state index < -0.39 is 0 Å². The SMILES string of the molecule is C=C/C=C\C(=C/C)c1nc(C(=C)/C=C\C=C/C)nc(C(=CCC)/C=C\C)n1. The molecular formula is C24H29N3. The van der Waals surface area contributed by atoms with Gasteiger partial charge in [0.25, 0.3) is 0 Å².